The predicted octanol–water partition coefficient (Wildman–Crippen LogP) is 3.56. The molecule has 0 saturated carbocycles. The second-order valence-electron chi connectivity index (χ2n) is 9.05. The van der Waals surface area contributed by atoms with Gasteiger partial charge in [-0.05, 0) is 45.5 Å². The van der Waals surface area contributed by atoms with E-state index in [-0.39, 0.29) is 11.5 Å². The maximum Gasteiger partial charge on any atom is 0.227 e. The summed E-state index contributed by atoms with van der Waals surface area (Å²) in [5, 5.41) is 13.6. The lowest BCUT2D eigenvalue weighted by molar-refractivity contribution is -0.0271. The number of aromatic nitrogens is 6. The van der Waals surface area contributed by atoms with Crippen LogP contribution in [0.25, 0.3) is 0 Å². The molecule has 1 aliphatic rings. The van der Waals surface area contributed by atoms with Gasteiger partial charge in [0.05, 0.1) is 23.4 Å². The summed E-state index contributed by atoms with van der Waals surface area (Å²) >= 11 is 3.46. The minimum absolute atomic E-state index is 0.0802. The third kappa shape index (κ3) is 5.51. The highest BCUT2D eigenvalue weighted by molar-refractivity contribution is 9.10. The molecule has 31 heavy (non-hydrogen) atoms. The maximum atomic E-state index is 6.06. The van der Waals surface area contributed by atoms with Gasteiger partial charge in [-0.1, -0.05) is 20.8 Å². The summed E-state index contributed by atoms with van der Waals surface area (Å²) in [4.78, 5) is 6.45. The maximum absolute atomic E-state index is 6.06. The van der Waals surface area contributed by atoms with Crippen LogP contribution < -0.4 is 4.90 Å². The zero-order valence-electron chi connectivity index (χ0n) is 18.4. The number of aryl methyl sites for hydroxylation is 1. The van der Waals surface area contributed by atoms with Gasteiger partial charge < -0.3 is 9.64 Å². The Kier molecular flexibility index (Phi) is 6.71. The van der Waals surface area contributed by atoms with Crippen molar-refractivity contribution in [1.82, 2.24) is 29.5 Å². The van der Waals surface area contributed by atoms with Crippen molar-refractivity contribution >= 4 is 21.9 Å². The van der Waals surface area contributed by atoms with E-state index >= 15 is 0 Å². The van der Waals surface area contributed by atoms with Gasteiger partial charge in [-0.15, -0.1) is 10.2 Å². The van der Waals surface area contributed by atoms with Crippen LogP contribution in [-0.2, 0) is 24.2 Å². The first kappa shape index (κ1) is 22.0. The van der Waals surface area contributed by atoms with Crippen LogP contribution >= 0.6 is 15.9 Å². The number of anilines is 1. The van der Waals surface area contributed by atoms with Crippen molar-refractivity contribution in [2.75, 3.05) is 24.6 Å². The summed E-state index contributed by atoms with van der Waals surface area (Å²) in [5.41, 5.74) is 1.26. The zero-order chi connectivity index (χ0) is 21.8. The van der Waals surface area contributed by atoms with Crippen molar-refractivity contribution in [3.63, 3.8) is 0 Å². The van der Waals surface area contributed by atoms with Crippen LogP contribution in [-0.4, -0.2) is 55.3 Å². The number of hydrogen-bond acceptors (Lipinski definition) is 6. The van der Waals surface area contributed by atoms with E-state index in [1.165, 1.54) is 5.56 Å². The van der Waals surface area contributed by atoms with E-state index < -0.39 is 0 Å². The van der Waals surface area contributed by atoms with Gasteiger partial charge in [0, 0.05) is 51.2 Å². The number of hydrogen-bond donors (Lipinski definition) is 0. The van der Waals surface area contributed by atoms with E-state index in [0.29, 0.717) is 6.61 Å². The quantitative estimate of drug-likeness (QED) is 0.507. The lowest BCUT2D eigenvalue weighted by atomic mass is 9.88. The minimum Gasteiger partial charge on any atom is -0.374 e. The van der Waals surface area contributed by atoms with Gasteiger partial charge in [0.2, 0.25) is 5.95 Å². The van der Waals surface area contributed by atoms with Gasteiger partial charge in [-0.2, -0.15) is 5.10 Å². The molecule has 3 aromatic heterocycles. The lowest BCUT2D eigenvalue weighted by Gasteiger charge is -2.39. The second-order valence-corrected chi connectivity index (χ2v) is 9.96. The monoisotopic (exact) mass is 487 g/mol. The Morgan fingerprint density at radius 2 is 1.97 bits per heavy atom. The van der Waals surface area contributed by atoms with E-state index in [0.717, 1.165) is 55.3 Å². The molecule has 4 rings (SSSR count). The Morgan fingerprint density at radius 1 is 1.16 bits per heavy atom. The third-order valence-corrected chi connectivity index (χ3v) is 6.01. The van der Waals surface area contributed by atoms with E-state index in [9.17, 15) is 0 Å². The highest BCUT2D eigenvalue weighted by Gasteiger charge is 2.32. The molecule has 1 unspecified atom stereocenters. The Balaban J connectivity index is 1.55. The number of nitrogens with zero attached hydrogens (tertiary/aromatic N) is 7. The Labute approximate surface area is 191 Å². The van der Waals surface area contributed by atoms with Crippen molar-refractivity contribution in [3.05, 3.63) is 52.8 Å². The smallest absolute Gasteiger partial charge is 0.227 e. The molecule has 1 atom stereocenters. The molecule has 9 heteroatoms. The highest BCUT2D eigenvalue weighted by atomic mass is 79.9. The first-order valence-electron chi connectivity index (χ1n) is 10.8. The van der Waals surface area contributed by atoms with E-state index in [1.807, 2.05) is 41.6 Å². The molecular formula is C22H30BrN7O. The number of morpholine rings is 1. The number of halogens is 1. The van der Waals surface area contributed by atoms with Gasteiger partial charge in [0.15, 0.2) is 0 Å². The summed E-state index contributed by atoms with van der Waals surface area (Å²) in [6, 6.07) is 4.06. The van der Waals surface area contributed by atoms with Crippen LogP contribution in [0.3, 0.4) is 0 Å². The Bertz CT molecular complexity index is 979. The fourth-order valence-corrected chi connectivity index (χ4v) is 4.14. The summed E-state index contributed by atoms with van der Waals surface area (Å²) in [6.45, 7) is 10.7. The van der Waals surface area contributed by atoms with Gasteiger partial charge >= 0.3 is 0 Å². The van der Waals surface area contributed by atoms with Crippen LogP contribution in [0, 0.1) is 5.41 Å². The zero-order valence-corrected chi connectivity index (χ0v) is 20.0. The van der Waals surface area contributed by atoms with Gasteiger partial charge in [0.1, 0.15) is 5.82 Å². The van der Waals surface area contributed by atoms with Crippen LogP contribution in [0.5, 0.6) is 0 Å². The summed E-state index contributed by atoms with van der Waals surface area (Å²) in [6.07, 6.45) is 9.30. The molecule has 0 amide bonds. The number of ether oxygens (including phenoxy) is 1. The van der Waals surface area contributed by atoms with Crippen LogP contribution in [0.2, 0.25) is 0 Å². The Morgan fingerprint density at radius 3 is 2.68 bits per heavy atom. The molecule has 1 aliphatic heterocycles. The van der Waals surface area contributed by atoms with Gasteiger partial charge in [0.25, 0.3) is 0 Å². The molecule has 3 aromatic rings. The standard InChI is InChI=1S/C22H30BrN7O/c1-22(2,3)19-16-28(11-12-31-19)21-27-26-20(13-17-5-7-24-8-6-17)30(21)10-4-9-29-15-18(23)14-25-29/h5-8,14-15,19H,4,9-13,16H2,1-3H3. The largest absolute Gasteiger partial charge is 0.374 e. The first-order valence-corrected chi connectivity index (χ1v) is 11.5. The molecule has 8 nitrogen and oxygen atoms in total. The van der Waals surface area contributed by atoms with Crippen LogP contribution in [0.15, 0.2) is 41.4 Å². The topological polar surface area (TPSA) is 73.9 Å². The fourth-order valence-electron chi connectivity index (χ4n) is 3.81. The second kappa shape index (κ2) is 9.48. The van der Waals surface area contributed by atoms with Gasteiger partial charge in [-0.25, -0.2) is 0 Å². The molecule has 166 valence electrons. The van der Waals surface area contributed by atoms with Crippen molar-refractivity contribution in [2.45, 2.75) is 52.8 Å². The van der Waals surface area contributed by atoms with E-state index in [4.69, 9.17) is 4.74 Å². The molecule has 0 aliphatic carbocycles. The van der Waals surface area contributed by atoms with E-state index in [2.05, 4.69) is 66.4 Å². The molecule has 1 fully saturated rings. The third-order valence-electron chi connectivity index (χ3n) is 5.61. The molecule has 4 heterocycles. The number of pyridine rings is 1. The fraction of sp³-hybridized carbons (Fsp3) is 0.545. The molecule has 0 radical (unpaired) electrons. The van der Waals surface area contributed by atoms with Crippen molar-refractivity contribution in [3.8, 4) is 0 Å². The van der Waals surface area contributed by atoms with Crippen molar-refractivity contribution in [2.24, 2.45) is 5.41 Å². The minimum atomic E-state index is 0.0802. The molecule has 0 aromatic carbocycles. The number of rotatable bonds is 7. The average molecular weight is 488 g/mol. The van der Waals surface area contributed by atoms with Crippen molar-refractivity contribution in [1.29, 1.82) is 0 Å². The predicted molar refractivity (Wildman–Crippen MR) is 123 cm³/mol. The molecule has 0 spiro atoms. The average Bonchev–Trinajstić information content (AvgIpc) is 3.34. The van der Waals surface area contributed by atoms with E-state index in [1.54, 1.807) is 0 Å². The first-order chi connectivity index (χ1) is 14.9. The summed E-state index contributed by atoms with van der Waals surface area (Å²) in [7, 11) is 0. The Hall–Kier alpha value is -2.26. The lowest BCUT2D eigenvalue weighted by Crippen LogP contribution is -2.49. The summed E-state index contributed by atoms with van der Waals surface area (Å²) < 4.78 is 11.3. The molecule has 0 bridgehead atoms. The van der Waals surface area contributed by atoms with Gasteiger partial charge in [-0.3, -0.25) is 14.2 Å². The highest BCUT2D eigenvalue weighted by Crippen LogP contribution is 2.28. The molecule has 0 N–H and O–H groups in total. The normalized spacial score (nSPS) is 17.3. The molecular weight excluding hydrogens is 458 g/mol. The molecule has 1 saturated heterocycles. The SMILES string of the molecule is CC(C)(C)C1CN(c2nnc(Cc3ccncc3)n2CCCn2cc(Br)cn2)CCO1. The van der Waals surface area contributed by atoms with Crippen LogP contribution in [0.1, 0.15) is 38.6 Å². The summed E-state index contributed by atoms with van der Waals surface area (Å²) in [5.74, 6) is 1.91. The van der Waals surface area contributed by atoms with Crippen molar-refractivity contribution < 1.29 is 4.74 Å². The van der Waals surface area contributed by atoms with Crippen LogP contribution in [0.4, 0.5) is 5.95 Å².